The minimum atomic E-state index is -1.37. The Morgan fingerprint density at radius 1 is 1.33 bits per heavy atom. The van der Waals surface area contributed by atoms with Crippen molar-refractivity contribution in [2.24, 2.45) is 0 Å². The molecule has 0 saturated heterocycles. The molecule has 6 heteroatoms. The van der Waals surface area contributed by atoms with Crippen molar-refractivity contribution < 1.29 is 23.8 Å². The maximum atomic E-state index is 13.1. The third kappa shape index (κ3) is 3.64. The molecule has 2 rings (SSSR count). The quantitative estimate of drug-likeness (QED) is 0.851. The molecule has 2 aromatic carbocycles. The van der Waals surface area contributed by atoms with Crippen molar-refractivity contribution in [1.82, 2.24) is 0 Å². The van der Waals surface area contributed by atoms with Gasteiger partial charge in [0.15, 0.2) is 11.5 Å². The average Bonchev–Trinajstić information content (AvgIpc) is 2.45. The van der Waals surface area contributed by atoms with Crippen LogP contribution in [0.25, 0.3) is 0 Å². The summed E-state index contributed by atoms with van der Waals surface area (Å²) in [5, 5.41) is 10.9. The molecule has 0 unspecified atom stereocenters. The molecule has 0 saturated carbocycles. The fourth-order valence-corrected chi connectivity index (χ4v) is 2.03. The zero-order valence-electron chi connectivity index (χ0n) is 11.1. The summed E-state index contributed by atoms with van der Waals surface area (Å²) in [6.45, 7) is 0.0680. The third-order valence-electron chi connectivity index (χ3n) is 2.74. The van der Waals surface area contributed by atoms with Gasteiger partial charge in [0, 0.05) is 5.56 Å². The van der Waals surface area contributed by atoms with E-state index in [2.05, 4.69) is 0 Å². The summed E-state index contributed by atoms with van der Waals surface area (Å²) in [5.41, 5.74) is 0.493. The molecule has 0 amide bonds. The SMILES string of the molecule is COc1cc(C(=O)[O-])cc(Cl)c1OCc1cccc(F)c1. The van der Waals surface area contributed by atoms with Gasteiger partial charge < -0.3 is 19.4 Å². The summed E-state index contributed by atoms with van der Waals surface area (Å²) >= 11 is 5.98. The molecule has 0 atom stereocenters. The molecule has 21 heavy (non-hydrogen) atoms. The summed E-state index contributed by atoms with van der Waals surface area (Å²) in [4.78, 5) is 10.8. The van der Waals surface area contributed by atoms with Gasteiger partial charge in [-0.2, -0.15) is 0 Å². The highest BCUT2D eigenvalue weighted by Crippen LogP contribution is 2.36. The second-order valence-electron chi connectivity index (χ2n) is 4.20. The number of hydrogen-bond donors (Lipinski definition) is 0. The lowest BCUT2D eigenvalue weighted by Gasteiger charge is -2.14. The van der Waals surface area contributed by atoms with Gasteiger partial charge in [0.25, 0.3) is 0 Å². The van der Waals surface area contributed by atoms with E-state index in [1.165, 1.54) is 31.4 Å². The van der Waals surface area contributed by atoms with E-state index in [4.69, 9.17) is 21.1 Å². The van der Waals surface area contributed by atoms with E-state index in [-0.39, 0.29) is 34.5 Å². The number of carbonyl (C=O) groups excluding carboxylic acids is 1. The molecule has 0 aliphatic carbocycles. The molecular weight excluding hydrogens is 299 g/mol. The zero-order chi connectivity index (χ0) is 15.4. The van der Waals surface area contributed by atoms with Crippen LogP contribution in [-0.2, 0) is 6.61 Å². The molecule has 110 valence electrons. The van der Waals surface area contributed by atoms with Gasteiger partial charge in [-0.1, -0.05) is 23.7 Å². The van der Waals surface area contributed by atoms with Crippen molar-refractivity contribution in [3.8, 4) is 11.5 Å². The average molecular weight is 310 g/mol. The molecule has 2 aromatic rings. The number of carboxylic acid groups (broad SMARTS) is 1. The van der Waals surface area contributed by atoms with Crippen LogP contribution >= 0.6 is 11.6 Å². The highest BCUT2D eigenvalue weighted by atomic mass is 35.5. The van der Waals surface area contributed by atoms with Crippen molar-refractivity contribution in [3.63, 3.8) is 0 Å². The van der Waals surface area contributed by atoms with Crippen LogP contribution in [-0.4, -0.2) is 13.1 Å². The predicted molar refractivity (Wildman–Crippen MR) is 73.1 cm³/mol. The molecule has 0 aliphatic heterocycles. The van der Waals surface area contributed by atoms with Crippen LogP contribution in [0.1, 0.15) is 15.9 Å². The lowest BCUT2D eigenvalue weighted by molar-refractivity contribution is -0.255. The zero-order valence-corrected chi connectivity index (χ0v) is 11.8. The van der Waals surface area contributed by atoms with E-state index >= 15 is 0 Å². The van der Waals surface area contributed by atoms with Crippen LogP contribution in [0.2, 0.25) is 5.02 Å². The van der Waals surface area contributed by atoms with Gasteiger partial charge in [0.05, 0.1) is 18.1 Å². The van der Waals surface area contributed by atoms with Gasteiger partial charge in [-0.15, -0.1) is 0 Å². The number of ether oxygens (including phenoxy) is 2. The normalized spacial score (nSPS) is 10.2. The minimum Gasteiger partial charge on any atom is -0.545 e. The number of methoxy groups -OCH3 is 1. The molecule has 0 radical (unpaired) electrons. The number of benzene rings is 2. The van der Waals surface area contributed by atoms with Crippen LogP contribution in [0.5, 0.6) is 11.5 Å². The second-order valence-corrected chi connectivity index (χ2v) is 4.60. The second kappa shape index (κ2) is 6.45. The van der Waals surface area contributed by atoms with E-state index in [0.29, 0.717) is 5.56 Å². The van der Waals surface area contributed by atoms with Crippen molar-refractivity contribution >= 4 is 17.6 Å². The lowest BCUT2D eigenvalue weighted by atomic mass is 10.2. The fraction of sp³-hybridized carbons (Fsp3) is 0.133. The Hall–Kier alpha value is -2.27. The number of halogens is 2. The third-order valence-corrected chi connectivity index (χ3v) is 3.02. The largest absolute Gasteiger partial charge is 0.545 e. The highest BCUT2D eigenvalue weighted by molar-refractivity contribution is 6.32. The van der Waals surface area contributed by atoms with Gasteiger partial charge in [0.2, 0.25) is 0 Å². The van der Waals surface area contributed by atoms with E-state index in [1.54, 1.807) is 12.1 Å². The molecule has 0 N–H and O–H groups in total. The Morgan fingerprint density at radius 2 is 2.10 bits per heavy atom. The van der Waals surface area contributed by atoms with Crippen LogP contribution < -0.4 is 14.6 Å². The Balaban J connectivity index is 2.25. The smallest absolute Gasteiger partial charge is 0.180 e. The van der Waals surface area contributed by atoms with Gasteiger partial charge in [-0.3, -0.25) is 0 Å². The van der Waals surface area contributed by atoms with Gasteiger partial charge >= 0.3 is 0 Å². The van der Waals surface area contributed by atoms with Crippen LogP contribution in [0.15, 0.2) is 36.4 Å². The summed E-state index contributed by atoms with van der Waals surface area (Å²) in [5.74, 6) is -1.39. The van der Waals surface area contributed by atoms with Crippen molar-refractivity contribution in [1.29, 1.82) is 0 Å². The van der Waals surface area contributed by atoms with Crippen molar-refractivity contribution in [2.45, 2.75) is 6.61 Å². The van der Waals surface area contributed by atoms with Gasteiger partial charge in [-0.05, 0) is 29.8 Å². The Kier molecular flexibility index (Phi) is 4.65. The monoisotopic (exact) mass is 309 g/mol. The molecule has 0 spiro atoms. The van der Waals surface area contributed by atoms with Crippen LogP contribution in [0, 0.1) is 5.82 Å². The number of hydrogen-bond acceptors (Lipinski definition) is 4. The number of carboxylic acids is 1. The first-order valence-electron chi connectivity index (χ1n) is 5.97. The predicted octanol–water partition coefficient (Wildman–Crippen LogP) is 2.43. The molecular formula is C15H11ClFO4-. The summed E-state index contributed by atoms with van der Waals surface area (Å²) in [6, 6.07) is 8.37. The number of carbonyl (C=O) groups is 1. The molecule has 0 bridgehead atoms. The maximum Gasteiger partial charge on any atom is 0.180 e. The molecule has 0 heterocycles. The molecule has 0 aliphatic rings. The van der Waals surface area contributed by atoms with Crippen LogP contribution in [0.3, 0.4) is 0 Å². The first-order valence-corrected chi connectivity index (χ1v) is 6.35. The maximum absolute atomic E-state index is 13.1. The van der Waals surface area contributed by atoms with E-state index in [9.17, 15) is 14.3 Å². The Bertz CT molecular complexity index is 673. The van der Waals surface area contributed by atoms with E-state index in [1.807, 2.05) is 0 Å². The van der Waals surface area contributed by atoms with Crippen molar-refractivity contribution in [2.75, 3.05) is 7.11 Å². The fourth-order valence-electron chi connectivity index (χ4n) is 1.76. The number of rotatable bonds is 5. The summed E-state index contributed by atoms with van der Waals surface area (Å²) < 4.78 is 23.6. The summed E-state index contributed by atoms with van der Waals surface area (Å²) in [7, 11) is 1.36. The van der Waals surface area contributed by atoms with Crippen LogP contribution in [0.4, 0.5) is 4.39 Å². The van der Waals surface area contributed by atoms with Gasteiger partial charge in [0.1, 0.15) is 12.4 Å². The first kappa shape index (κ1) is 15.1. The highest BCUT2D eigenvalue weighted by Gasteiger charge is 2.13. The standard InChI is InChI=1S/C15H12ClFO4/c1-20-13-7-10(15(18)19)6-12(16)14(13)21-8-9-3-2-4-11(17)5-9/h2-7H,8H2,1H3,(H,18,19)/p-1. The molecule has 0 fully saturated rings. The van der Waals surface area contributed by atoms with Crippen molar-refractivity contribution in [3.05, 3.63) is 58.4 Å². The molecule has 0 aromatic heterocycles. The van der Waals surface area contributed by atoms with E-state index in [0.717, 1.165) is 0 Å². The topological polar surface area (TPSA) is 58.6 Å². The molecule has 4 nitrogen and oxygen atoms in total. The Labute approximate surface area is 125 Å². The minimum absolute atomic E-state index is 0.0680. The Morgan fingerprint density at radius 3 is 2.71 bits per heavy atom. The van der Waals surface area contributed by atoms with Gasteiger partial charge in [-0.25, -0.2) is 4.39 Å². The lowest BCUT2D eigenvalue weighted by Crippen LogP contribution is -2.22. The first-order chi connectivity index (χ1) is 10.0. The number of aromatic carboxylic acids is 1. The van der Waals surface area contributed by atoms with E-state index < -0.39 is 5.97 Å². The summed E-state index contributed by atoms with van der Waals surface area (Å²) in [6.07, 6.45) is 0.